The van der Waals surface area contributed by atoms with Gasteiger partial charge in [-0.05, 0) is 54.7 Å². The molecule has 5 heteroatoms. The summed E-state index contributed by atoms with van der Waals surface area (Å²) in [5, 5.41) is 0. The molecule has 0 N–H and O–H groups in total. The maximum absolute atomic E-state index is 13.8. The van der Waals surface area contributed by atoms with E-state index in [0.29, 0.717) is 23.3 Å². The van der Waals surface area contributed by atoms with Gasteiger partial charge in [0.1, 0.15) is 12.2 Å². The van der Waals surface area contributed by atoms with Gasteiger partial charge in [-0.2, -0.15) is 0 Å². The van der Waals surface area contributed by atoms with Crippen LogP contribution in [-0.4, -0.2) is 25.3 Å². The van der Waals surface area contributed by atoms with E-state index in [-0.39, 0.29) is 17.8 Å². The summed E-state index contributed by atoms with van der Waals surface area (Å²) in [5.41, 5.74) is 0.636. The van der Waals surface area contributed by atoms with Gasteiger partial charge in [0.2, 0.25) is 0 Å². The van der Waals surface area contributed by atoms with Crippen LogP contribution in [0.4, 0.5) is 4.39 Å². The number of carbonyl (C=O) groups excluding carboxylic acids is 1. The number of ether oxygens (including phenoxy) is 3. The Morgan fingerprint density at radius 1 is 1.32 bits per heavy atom. The minimum Gasteiger partial charge on any atom is -0.494 e. The largest absolute Gasteiger partial charge is 0.494 e. The van der Waals surface area contributed by atoms with Crippen molar-refractivity contribution in [1.82, 2.24) is 0 Å². The Hall–Kier alpha value is -1.62. The molecule has 4 nitrogen and oxygen atoms in total. The number of hydrogen-bond acceptors (Lipinski definition) is 4. The third-order valence-electron chi connectivity index (χ3n) is 5.55. The van der Waals surface area contributed by atoms with Crippen molar-refractivity contribution < 1.29 is 23.4 Å². The lowest BCUT2D eigenvalue weighted by atomic mass is 9.73. The van der Waals surface area contributed by atoms with Crippen LogP contribution in [0.25, 0.3) is 0 Å². The Morgan fingerprint density at radius 2 is 2.08 bits per heavy atom. The summed E-state index contributed by atoms with van der Waals surface area (Å²) >= 11 is 0. The molecule has 3 unspecified atom stereocenters. The predicted octanol–water partition coefficient (Wildman–Crippen LogP) is 4.28. The fourth-order valence-electron chi connectivity index (χ4n) is 4.10. The highest BCUT2D eigenvalue weighted by molar-refractivity contribution is 5.78. The van der Waals surface area contributed by atoms with Crippen LogP contribution >= 0.6 is 0 Å². The van der Waals surface area contributed by atoms with Crippen LogP contribution in [0.5, 0.6) is 5.75 Å². The zero-order valence-electron chi connectivity index (χ0n) is 15.3. The van der Waals surface area contributed by atoms with Crippen LogP contribution in [-0.2, 0) is 14.3 Å². The molecule has 1 aliphatic carbocycles. The predicted molar refractivity (Wildman–Crippen MR) is 91.8 cm³/mol. The highest BCUT2D eigenvalue weighted by atomic mass is 19.1. The van der Waals surface area contributed by atoms with Crippen LogP contribution in [0, 0.1) is 23.6 Å². The van der Waals surface area contributed by atoms with Crippen molar-refractivity contribution in [3.8, 4) is 5.75 Å². The minimum atomic E-state index is -0.620. The molecular formula is C20H27FO4. The van der Waals surface area contributed by atoms with Crippen LogP contribution in [0.2, 0.25) is 0 Å². The third-order valence-corrected chi connectivity index (χ3v) is 5.55. The fraction of sp³-hybridized carbons (Fsp3) is 0.650. The molecule has 2 aliphatic rings. The van der Waals surface area contributed by atoms with E-state index in [0.717, 1.165) is 19.3 Å². The van der Waals surface area contributed by atoms with E-state index >= 15 is 0 Å². The molecule has 1 aromatic carbocycles. The summed E-state index contributed by atoms with van der Waals surface area (Å²) in [6.07, 6.45) is 1.84. The molecule has 2 fully saturated rings. The van der Waals surface area contributed by atoms with Crippen LogP contribution in [0.1, 0.15) is 51.7 Å². The standard InChI is InChI=1S/C20H27FO4/c1-11(2)15-7-6-14(9-12(15)3)24-20(22)19-18(25-19)13-5-8-17(23-4)16(21)10-13/h5,8,10-12,14-15,18-19H,6-7,9H2,1-4H3/t12?,14?,15?,18-,19+/m0/s1. The molecule has 0 radical (unpaired) electrons. The maximum Gasteiger partial charge on any atom is 0.338 e. The van der Waals surface area contributed by atoms with Crippen LogP contribution in [0.3, 0.4) is 0 Å². The first-order chi connectivity index (χ1) is 11.9. The quantitative estimate of drug-likeness (QED) is 0.587. The average molecular weight is 350 g/mol. The molecule has 0 aromatic heterocycles. The summed E-state index contributed by atoms with van der Waals surface area (Å²) in [6.45, 7) is 6.75. The van der Waals surface area contributed by atoms with Gasteiger partial charge in [-0.1, -0.05) is 26.8 Å². The Labute approximate surface area is 148 Å². The van der Waals surface area contributed by atoms with E-state index in [1.54, 1.807) is 12.1 Å². The van der Waals surface area contributed by atoms with Gasteiger partial charge in [0.25, 0.3) is 0 Å². The number of esters is 1. The molecule has 3 rings (SSSR count). The topological polar surface area (TPSA) is 48.1 Å². The van der Waals surface area contributed by atoms with E-state index in [1.165, 1.54) is 13.2 Å². The van der Waals surface area contributed by atoms with Crippen molar-refractivity contribution in [3.05, 3.63) is 29.6 Å². The summed E-state index contributed by atoms with van der Waals surface area (Å²) in [5.74, 6) is 1.30. The van der Waals surface area contributed by atoms with E-state index < -0.39 is 18.0 Å². The maximum atomic E-state index is 13.8. The number of hydrogen-bond donors (Lipinski definition) is 0. The summed E-state index contributed by atoms with van der Waals surface area (Å²) in [4.78, 5) is 12.3. The summed E-state index contributed by atoms with van der Waals surface area (Å²) < 4.78 is 29.8. The molecule has 1 heterocycles. The molecule has 138 valence electrons. The lowest BCUT2D eigenvalue weighted by molar-refractivity contribution is -0.153. The van der Waals surface area contributed by atoms with Gasteiger partial charge in [0, 0.05) is 0 Å². The third kappa shape index (κ3) is 3.97. The zero-order valence-corrected chi connectivity index (χ0v) is 15.3. The molecule has 1 saturated heterocycles. The molecule has 0 amide bonds. The summed E-state index contributed by atoms with van der Waals surface area (Å²) in [6, 6.07) is 4.62. The van der Waals surface area contributed by atoms with Crippen molar-refractivity contribution >= 4 is 5.97 Å². The van der Waals surface area contributed by atoms with Crippen LogP contribution < -0.4 is 4.74 Å². The van der Waals surface area contributed by atoms with E-state index in [1.807, 2.05) is 0 Å². The number of methoxy groups -OCH3 is 1. The zero-order chi connectivity index (χ0) is 18.1. The number of halogens is 1. The lowest BCUT2D eigenvalue weighted by Gasteiger charge is -2.36. The van der Waals surface area contributed by atoms with Gasteiger partial charge in [0.15, 0.2) is 17.7 Å². The van der Waals surface area contributed by atoms with Crippen molar-refractivity contribution in [2.75, 3.05) is 7.11 Å². The first kappa shape index (κ1) is 18.2. The summed E-state index contributed by atoms with van der Waals surface area (Å²) in [7, 11) is 1.42. The molecule has 0 spiro atoms. The number of epoxide rings is 1. The monoisotopic (exact) mass is 350 g/mol. The van der Waals surface area contributed by atoms with Gasteiger partial charge in [-0.15, -0.1) is 0 Å². The number of rotatable bonds is 5. The number of carbonyl (C=O) groups is 1. The normalized spacial score (nSPS) is 31.7. The Kier molecular flexibility index (Phi) is 5.32. The van der Waals surface area contributed by atoms with Gasteiger partial charge in [-0.3, -0.25) is 0 Å². The van der Waals surface area contributed by atoms with Crippen molar-refractivity contribution in [2.24, 2.45) is 17.8 Å². The van der Waals surface area contributed by atoms with E-state index in [2.05, 4.69) is 20.8 Å². The van der Waals surface area contributed by atoms with Crippen LogP contribution in [0.15, 0.2) is 18.2 Å². The molecular weight excluding hydrogens is 323 g/mol. The molecule has 1 aromatic rings. The second kappa shape index (κ2) is 7.32. The first-order valence-corrected chi connectivity index (χ1v) is 9.10. The molecule has 1 saturated carbocycles. The van der Waals surface area contributed by atoms with Crippen molar-refractivity contribution in [1.29, 1.82) is 0 Å². The van der Waals surface area contributed by atoms with E-state index in [4.69, 9.17) is 14.2 Å². The Morgan fingerprint density at radius 3 is 2.68 bits per heavy atom. The van der Waals surface area contributed by atoms with E-state index in [9.17, 15) is 9.18 Å². The minimum absolute atomic E-state index is 0.0325. The first-order valence-electron chi connectivity index (χ1n) is 9.10. The smallest absolute Gasteiger partial charge is 0.338 e. The number of benzene rings is 1. The highest BCUT2D eigenvalue weighted by Gasteiger charge is 2.48. The highest BCUT2D eigenvalue weighted by Crippen LogP contribution is 2.42. The fourth-order valence-corrected chi connectivity index (χ4v) is 4.10. The van der Waals surface area contributed by atoms with Crippen molar-refractivity contribution in [2.45, 2.75) is 58.3 Å². The Bertz CT molecular complexity index is 630. The SMILES string of the molecule is COc1ccc([C@@H]2O[C@H]2C(=O)OC2CCC(C(C)C)C(C)C2)cc1F. The van der Waals surface area contributed by atoms with Gasteiger partial charge < -0.3 is 14.2 Å². The average Bonchev–Trinajstić information content (AvgIpc) is 3.35. The molecule has 1 aliphatic heterocycles. The molecule has 25 heavy (non-hydrogen) atoms. The lowest BCUT2D eigenvalue weighted by Crippen LogP contribution is -2.33. The molecule has 5 atom stereocenters. The van der Waals surface area contributed by atoms with Gasteiger partial charge in [0.05, 0.1) is 7.11 Å². The Balaban J connectivity index is 1.53. The second-order valence-electron chi connectivity index (χ2n) is 7.63. The molecule has 0 bridgehead atoms. The second-order valence-corrected chi connectivity index (χ2v) is 7.63. The van der Waals surface area contributed by atoms with Gasteiger partial charge in [-0.25, -0.2) is 9.18 Å². The van der Waals surface area contributed by atoms with Gasteiger partial charge >= 0.3 is 5.97 Å². The van der Waals surface area contributed by atoms with Crippen molar-refractivity contribution in [3.63, 3.8) is 0 Å².